The number of hydrogen-bond donors (Lipinski definition) is 1. The molecular weight excluding hydrogens is 316 g/mol. The van der Waals surface area contributed by atoms with Gasteiger partial charge in [0.05, 0.1) is 18.0 Å². The van der Waals surface area contributed by atoms with Crippen LogP contribution in [0.2, 0.25) is 0 Å². The van der Waals surface area contributed by atoms with Gasteiger partial charge in [0.15, 0.2) is 0 Å². The summed E-state index contributed by atoms with van der Waals surface area (Å²) in [6.07, 6.45) is 10.2. The van der Waals surface area contributed by atoms with Gasteiger partial charge in [-0.05, 0) is 54.2 Å². The molecule has 0 saturated heterocycles. The van der Waals surface area contributed by atoms with E-state index in [1.165, 1.54) is 32.1 Å². The Hall–Kier alpha value is -0.610. The van der Waals surface area contributed by atoms with Crippen molar-refractivity contribution in [2.45, 2.75) is 57.6 Å². The number of nitrogens with one attached hydrogen (secondary N) is 1. The van der Waals surface area contributed by atoms with Gasteiger partial charge in [-0.3, -0.25) is 0 Å². The van der Waals surface area contributed by atoms with Crippen LogP contribution in [0.5, 0.6) is 0 Å². The fraction of sp³-hybridized carbons (Fsp3) is 0.688. The minimum absolute atomic E-state index is 0.362. The van der Waals surface area contributed by atoms with Gasteiger partial charge in [0.1, 0.15) is 4.60 Å². The first-order valence-electron chi connectivity index (χ1n) is 7.74. The normalized spacial score (nSPS) is 28.1. The van der Waals surface area contributed by atoms with Crippen molar-refractivity contribution < 1.29 is 4.74 Å². The zero-order valence-corrected chi connectivity index (χ0v) is 13.7. The molecule has 2 aliphatic rings. The Balaban J connectivity index is 1.71. The lowest BCUT2D eigenvalue weighted by molar-refractivity contribution is -0.134. The van der Waals surface area contributed by atoms with Gasteiger partial charge in [-0.15, -0.1) is 0 Å². The Morgan fingerprint density at radius 1 is 1.35 bits per heavy atom. The Morgan fingerprint density at radius 2 is 2.15 bits per heavy atom. The van der Waals surface area contributed by atoms with E-state index in [9.17, 15) is 0 Å². The van der Waals surface area contributed by atoms with Gasteiger partial charge in [-0.2, -0.15) is 0 Å². The van der Waals surface area contributed by atoms with Crippen molar-refractivity contribution in [2.24, 2.45) is 5.41 Å². The summed E-state index contributed by atoms with van der Waals surface area (Å²) in [6.45, 7) is 2.94. The summed E-state index contributed by atoms with van der Waals surface area (Å²) in [7, 11) is 0. The second kappa shape index (κ2) is 6.02. The molecule has 110 valence electrons. The predicted molar refractivity (Wildman–Crippen MR) is 84.9 cm³/mol. The van der Waals surface area contributed by atoms with Crippen molar-refractivity contribution in [1.82, 2.24) is 4.98 Å². The molecular formula is C16H23BrN2O. The minimum Gasteiger partial charge on any atom is -0.380 e. The predicted octanol–water partition coefficient (Wildman–Crippen LogP) is 4.38. The average molecular weight is 339 g/mol. The molecule has 2 unspecified atom stereocenters. The zero-order chi connectivity index (χ0) is 14.0. The summed E-state index contributed by atoms with van der Waals surface area (Å²) in [4.78, 5) is 4.30. The Bertz CT molecular complexity index is 442. The molecule has 2 fully saturated rings. The second-order valence-electron chi connectivity index (χ2n) is 6.04. The zero-order valence-electron chi connectivity index (χ0n) is 12.1. The Labute approximate surface area is 129 Å². The Morgan fingerprint density at radius 3 is 2.80 bits per heavy atom. The van der Waals surface area contributed by atoms with Crippen LogP contribution in [-0.2, 0) is 4.74 Å². The van der Waals surface area contributed by atoms with Crippen LogP contribution in [0.4, 0.5) is 5.69 Å². The molecule has 1 spiro atoms. The van der Waals surface area contributed by atoms with Crippen molar-refractivity contribution in [3.8, 4) is 0 Å². The molecule has 1 N–H and O–H groups in total. The highest BCUT2D eigenvalue weighted by atomic mass is 79.9. The second-order valence-corrected chi connectivity index (χ2v) is 6.85. The van der Waals surface area contributed by atoms with Crippen LogP contribution in [0.1, 0.15) is 45.4 Å². The van der Waals surface area contributed by atoms with Gasteiger partial charge in [0, 0.05) is 18.1 Å². The monoisotopic (exact) mass is 338 g/mol. The highest BCUT2D eigenvalue weighted by molar-refractivity contribution is 9.10. The molecule has 0 bridgehead atoms. The molecule has 1 aromatic rings. The molecule has 1 heterocycles. The van der Waals surface area contributed by atoms with Crippen LogP contribution >= 0.6 is 15.9 Å². The van der Waals surface area contributed by atoms with E-state index in [2.05, 4.69) is 39.2 Å². The van der Waals surface area contributed by atoms with Crippen molar-refractivity contribution in [2.75, 3.05) is 11.9 Å². The number of ether oxygens (including phenoxy) is 1. The van der Waals surface area contributed by atoms with Crippen molar-refractivity contribution in [3.63, 3.8) is 0 Å². The number of anilines is 1. The summed E-state index contributed by atoms with van der Waals surface area (Å²) < 4.78 is 6.88. The lowest BCUT2D eigenvalue weighted by Gasteiger charge is -2.58. The summed E-state index contributed by atoms with van der Waals surface area (Å²) in [6, 6.07) is 4.64. The molecule has 0 aliphatic heterocycles. The summed E-state index contributed by atoms with van der Waals surface area (Å²) in [5.74, 6) is 0. The maximum atomic E-state index is 6.00. The van der Waals surface area contributed by atoms with E-state index in [0.29, 0.717) is 17.6 Å². The number of halogens is 1. The quantitative estimate of drug-likeness (QED) is 0.827. The van der Waals surface area contributed by atoms with E-state index in [0.717, 1.165) is 23.3 Å². The maximum absolute atomic E-state index is 6.00. The highest BCUT2D eigenvalue weighted by Crippen LogP contribution is 2.54. The Kier molecular flexibility index (Phi) is 4.32. The number of hydrogen-bond acceptors (Lipinski definition) is 3. The fourth-order valence-corrected chi connectivity index (χ4v) is 4.16. The third kappa shape index (κ3) is 2.60. The summed E-state index contributed by atoms with van der Waals surface area (Å²) in [5, 5.41) is 3.69. The van der Waals surface area contributed by atoms with E-state index >= 15 is 0 Å². The topological polar surface area (TPSA) is 34.1 Å². The first-order valence-corrected chi connectivity index (χ1v) is 8.53. The standard InChI is InChI=1S/C16H23BrN2O/c1-2-20-14-10-13(16(14)8-4-3-5-9-16)19-12-6-7-15(17)18-11-12/h6-7,11,13-14,19H,2-5,8-10H2,1H3. The molecule has 3 nitrogen and oxygen atoms in total. The largest absolute Gasteiger partial charge is 0.380 e. The van der Waals surface area contributed by atoms with Crippen molar-refractivity contribution in [1.29, 1.82) is 0 Å². The molecule has 2 saturated carbocycles. The number of nitrogens with zero attached hydrogens (tertiary/aromatic N) is 1. The summed E-state index contributed by atoms with van der Waals surface area (Å²) in [5.41, 5.74) is 1.49. The lowest BCUT2D eigenvalue weighted by Crippen LogP contribution is -2.62. The first kappa shape index (κ1) is 14.3. The SMILES string of the molecule is CCOC1CC(Nc2ccc(Br)nc2)C12CCCCC2. The minimum atomic E-state index is 0.362. The van der Waals surface area contributed by atoms with Gasteiger partial charge in [-0.25, -0.2) is 4.98 Å². The summed E-state index contributed by atoms with van der Waals surface area (Å²) >= 11 is 3.38. The third-order valence-corrected chi connectivity index (χ3v) is 5.47. The molecule has 2 atom stereocenters. The smallest absolute Gasteiger partial charge is 0.106 e. The highest BCUT2D eigenvalue weighted by Gasteiger charge is 2.55. The third-order valence-electron chi connectivity index (χ3n) is 5.01. The van der Waals surface area contributed by atoms with Gasteiger partial charge in [0.2, 0.25) is 0 Å². The molecule has 0 radical (unpaired) electrons. The van der Waals surface area contributed by atoms with Gasteiger partial charge in [-0.1, -0.05) is 19.3 Å². The molecule has 3 rings (SSSR count). The van der Waals surface area contributed by atoms with Crippen molar-refractivity contribution in [3.05, 3.63) is 22.9 Å². The van der Waals surface area contributed by atoms with E-state index in [1.54, 1.807) is 0 Å². The molecule has 20 heavy (non-hydrogen) atoms. The van der Waals surface area contributed by atoms with Crippen LogP contribution < -0.4 is 5.32 Å². The van der Waals surface area contributed by atoms with Gasteiger partial charge in [0.25, 0.3) is 0 Å². The molecule has 0 aromatic carbocycles. The maximum Gasteiger partial charge on any atom is 0.106 e. The number of rotatable bonds is 4. The average Bonchev–Trinajstić information content (AvgIpc) is 2.49. The molecule has 0 amide bonds. The van der Waals surface area contributed by atoms with Crippen LogP contribution in [0.15, 0.2) is 22.9 Å². The first-order chi connectivity index (χ1) is 9.74. The van der Waals surface area contributed by atoms with Gasteiger partial charge >= 0.3 is 0 Å². The molecule has 2 aliphatic carbocycles. The fourth-order valence-electron chi connectivity index (χ4n) is 3.93. The van der Waals surface area contributed by atoms with Crippen LogP contribution in [0.3, 0.4) is 0 Å². The van der Waals surface area contributed by atoms with Gasteiger partial charge < -0.3 is 10.1 Å². The molecule has 1 aromatic heterocycles. The number of aromatic nitrogens is 1. The van der Waals surface area contributed by atoms with E-state index in [-0.39, 0.29) is 0 Å². The van der Waals surface area contributed by atoms with Crippen LogP contribution in [0, 0.1) is 5.41 Å². The lowest BCUT2D eigenvalue weighted by atomic mass is 9.55. The van der Waals surface area contributed by atoms with E-state index in [4.69, 9.17) is 4.74 Å². The van der Waals surface area contributed by atoms with Crippen LogP contribution in [-0.4, -0.2) is 23.7 Å². The molecule has 4 heteroatoms. The number of pyridine rings is 1. The van der Waals surface area contributed by atoms with Crippen LogP contribution in [0.25, 0.3) is 0 Å². The van der Waals surface area contributed by atoms with E-state index in [1.807, 2.05) is 12.3 Å². The van der Waals surface area contributed by atoms with Crippen molar-refractivity contribution >= 4 is 21.6 Å². The van der Waals surface area contributed by atoms with E-state index < -0.39 is 0 Å².